The molecule has 2 aromatic rings. The molecule has 1 aromatic carbocycles. The van der Waals surface area contributed by atoms with E-state index in [1.165, 1.54) is 0 Å². The summed E-state index contributed by atoms with van der Waals surface area (Å²) in [7, 11) is 1.64. The van der Waals surface area contributed by atoms with Crippen LogP contribution in [0.15, 0.2) is 28.7 Å². The zero-order chi connectivity index (χ0) is 12.1. The fraction of sp³-hybridized carbons (Fsp3) is 0.333. The second kappa shape index (κ2) is 5.45. The van der Waals surface area contributed by atoms with Crippen LogP contribution in [0, 0.1) is 6.92 Å². The highest BCUT2D eigenvalue weighted by atomic mass is 16.5. The van der Waals surface area contributed by atoms with E-state index < -0.39 is 0 Å². The Labute approximate surface area is 99.4 Å². The van der Waals surface area contributed by atoms with E-state index in [0.717, 1.165) is 11.3 Å². The molecule has 0 bridgehead atoms. The van der Waals surface area contributed by atoms with Crippen molar-refractivity contribution in [1.29, 1.82) is 0 Å². The molecular weight excluding hydrogens is 220 g/mol. The zero-order valence-corrected chi connectivity index (χ0v) is 9.84. The maximum atomic E-state index is 5.45. The number of aromatic nitrogens is 2. The highest BCUT2D eigenvalue weighted by molar-refractivity contribution is 5.53. The summed E-state index contributed by atoms with van der Waals surface area (Å²) in [5, 5.41) is 7.73. The number of nitrogens with zero attached hydrogens (tertiary/aromatic N) is 2. The first-order chi connectivity index (χ1) is 8.29. The lowest BCUT2D eigenvalue weighted by molar-refractivity contribution is 0.146. The number of rotatable bonds is 5. The van der Waals surface area contributed by atoms with E-state index in [2.05, 4.69) is 10.2 Å². The topological polar surface area (TPSA) is 57.4 Å². The molecule has 0 fully saturated rings. The number of methoxy groups -OCH3 is 1. The molecule has 0 amide bonds. The summed E-state index contributed by atoms with van der Waals surface area (Å²) in [5.41, 5.74) is 0.879. The molecule has 0 spiro atoms. The van der Waals surface area contributed by atoms with Crippen LogP contribution in [0.1, 0.15) is 5.89 Å². The van der Waals surface area contributed by atoms with Crippen molar-refractivity contribution in [1.82, 2.24) is 10.2 Å². The Morgan fingerprint density at radius 1 is 1.12 bits per heavy atom. The molecule has 0 unspecified atom stereocenters. The molecule has 0 N–H and O–H groups in total. The van der Waals surface area contributed by atoms with E-state index in [1.807, 2.05) is 24.3 Å². The van der Waals surface area contributed by atoms with Gasteiger partial charge in [0, 0.05) is 19.6 Å². The van der Waals surface area contributed by atoms with Gasteiger partial charge < -0.3 is 13.9 Å². The third kappa shape index (κ3) is 3.04. The molecule has 5 nitrogen and oxygen atoms in total. The Hall–Kier alpha value is -1.88. The fourth-order valence-electron chi connectivity index (χ4n) is 1.35. The average molecular weight is 234 g/mol. The monoisotopic (exact) mass is 234 g/mol. The fourth-order valence-corrected chi connectivity index (χ4v) is 1.35. The molecule has 0 aliphatic carbocycles. The van der Waals surface area contributed by atoms with Crippen molar-refractivity contribution in [2.45, 2.75) is 6.92 Å². The van der Waals surface area contributed by atoms with Crippen LogP contribution in [0.3, 0.4) is 0 Å². The van der Waals surface area contributed by atoms with Gasteiger partial charge in [0.15, 0.2) is 0 Å². The molecule has 1 aromatic heterocycles. The van der Waals surface area contributed by atoms with Gasteiger partial charge in [-0.1, -0.05) is 0 Å². The molecular formula is C12H14N2O3. The van der Waals surface area contributed by atoms with Gasteiger partial charge in [0.2, 0.25) is 11.8 Å². The van der Waals surface area contributed by atoms with Crippen LogP contribution in [-0.2, 0) is 4.74 Å². The first-order valence-corrected chi connectivity index (χ1v) is 5.32. The lowest BCUT2D eigenvalue weighted by Crippen LogP contribution is -2.03. The highest BCUT2D eigenvalue weighted by Gasteiger charge is 2.05. The maximum Gasteiger partial charge on any atom is 0.247 e. The smallest absolute Gasteiger partial charge is 0.247 e. The Bertz CT molecular complexity index is 465. The van der Waals surface area contributed by atoms with Crippen molar-refractivity contribution in [2.75, 3.05) is 20.3 Å². The number of aryl methyl sites for hydroxylation is 1. The van der Waals surface area contributed by atoms with Crippen molar-refractivity contribution in [3.8, 4) is 17.2 Å². The van der Waals surface area contributed by atoms with Crippen LogP contribution in [0.5, 0.6) is 5.75 Å². The zero-order valence-electron chi connectivity index (χ0n) is 9.84. The summed E-state index contributed by atoms with van der Waals surface area (Å²) >= 11 is 0. The first-order valence-electron chi connectivity index (χ1n) is 5.32. The van der Waals surface area contributed by atoms with E-state index in [0.29, 0.717) is 25.0 Å². The molecule has 0 saturated carbocycles. The van der Waals surface area contributed by atoms with Crippen molar-refractivity contribution in [2.24, 2.45) is 0 Å². The Balaban J connectivity index is 2.02. The normalized spacial score (nSPS) is 10.5. The summed E-state index contributed by atoms with van der Waals surface area (Å²) in [6.07, 6.45) is 0. The molecule has 0 saturated heterocycles. The van der Waals surface area contributed by atoms with E-state index in [9.17, 15) is 0 Å². The van der Waals surface area contributed by atoms with Gasteiger partial charge in [-0.05, 0) is 24.3 Å². The van der Waals surface area contributed by atoms with Gasteiger partial charge in [-0.25, -0.2) is 0 Å². The van der Waals surface area contributed by atoms with Gasteiger partial charge in [-0.3, -0.25) is 0 Å². The minimum atomic E-state index is 0.519. The van der Waals surface area contributed by atoms with Gasteiger partial charge >= 0.3 is 0 Å². The summed E-state index contributed by atoms with van der Waals surface area (Å²) < 4.78 is 15.7. The molecule has 0 aliphatic rings. The second-order valence-electron chi connectivity index (χ2n) is 3.49. The molecule has 0 radical (unpaired) electrons. The molecule has 90 valence electrons. The summed E-state index contributed by atoms with van der Waals surface area (Å²) in [5.74, 6) is 1.87. The lowest BCUT2D eigenvalue weighted by atomic mass is 10.2. The Kier molecular flexibility index (Phi) is 3.72. The van der Waals surface area contributed by atoms with Crippen LogP contribution in [-0.4, -0.2) is 30.5 Å². The third-order valence-corrected chi connectivity index (χ3v) is 2.18. The van der Waals surface area contributed by atoms with E-state index in [1.54, 1.807) is 14.0 Å². The van der Waals surface area contributed by atoms with E-state index in [-0.39, 0.29) is 0 Å². The van der Waals surface area contributed by atoms with Gasteiger partial charge in [0.25, 0.3) is 0 Å². The second-order valence-corrected chi connectivity index (χ2v) is 3.49. The molecule has 5 heteroatoms. The largest absolute Gasteiger partial charge is 0.491 e. The van der Waals surface area contributed by atoms with E-state index >= 15 is 0 Å². The molecule has 0 aliphatic heterocycles. The summed E-state index contributed by atoms with van der Waals surface area (Å²) in [4.78, 5) is 0. The predicted octanol–water partition coefficient (Wildman–Crippen LogP) is 2.07. The van der Waals surface area contributed by atoms with Crippen molar-refractivity contribution < 1.29 is 13.9 Å². The van der Waals surface area contributed by atoms with Crippen molar-refractivity contribution in [3.63, 3.8) is 0 Å². The number of hydrogen-bond acceptors (Lipinski definition) is 5. The Morgan fingerprint density at radius 2 is 1.88 bits per heavy atom. The van der Waals surface area contributed by atoms with Gasteiger partial charge in [-0.2, -0.15) is 0 Å². The number of benzene rings is 1. The lowest BCUT2D eigenvalue weighted by Gasteiger charge is -2.05. The van der Waals surface area contributed by atoms with Crippen LogP contribution in [0.2, 0.25) is 0 Å². The van der Waals surface area contributed by atoms with Crippen LogP contribution >= 0.6 is 0 Å². The number of ether oxygens (including phenoxy) is 2. The Morgan fingerprint density at radius 3 is 2.47 bits per heavy atom. The predicted molar refractivity (Wildman–Crippen MR) is 61.8 cm³/mol. The average Bonchev–Trinajstić information content (AvgIpc) is 2.77. The third-order valence-electron chi connectivity index (χ3n) is 2.18. The van der Waals surface area contributed by atoms with Crippen LogP contribution < -0.4 is 4.74 Å². The van der Waals surface area contributed by atoms with E-state index in [4.69, 9.17) is 13.9 Å². The first kappa shape index (κ1) is 11.6. The SMILES string of the molecule is COCCOc1ccc(-c2nnc(C)o2)cc1. The van der Waals surface area contributed by atoms with Crippen LogP contribution in [0.4, 0.5) is 0 Å². The molecule has 2 rings (SSSR count). The molecule has 0 atom stereocenters. The highest BCUT2D eigenvalue weighted by Crippen LogP contribution is 2.20. The van der Waals surface area contributed by atoms with Gasteiger partial charge in [0.1, 0.15) is 12.4 Å². The quantitative estimate of drug-likeness (QED) is 0.741. The summed E-state index contributed by atoms with van der Waals surface area (Å²) in [6.45, 7) is 2.87. The van der Waals surface area contributed by atoms with Crippen molar-refractivity contribution in [3.05, 3.63) is 30.2 Å². The standard InChI is InChI=1S/C12H14N2O3/c1-9-13-14-12(17-9)10-3-5-11(6-4-10)16-8-7-15-2/h3-6H,7-8H2,1-2H3. The van der Waals surface area contributed by atoms with Gasteiger partial charge in [-0.15, -0.1) is 10.2 Å². The maximum absolute atomic E-state index is 5.45. The summed E-state index contributed by atoms with van der Waals surface area (Å²) in [6, 6.07) is 7.50. The van der Waals surface area contributed by atoms with Crippen molar-refractivity contribution >= 4 is 0 Å². The molecule has 17 heavy (non-hydrogen) atoms. The minimum Gasteiger partial charge on any atom is -0.491 e. The number of hydrogen-bond donors (Lipinski definition) is 0. The van der Waals surface area contributed by atoms with Gasteiger partial charge in [0.05, 0.1) is 6.61 Å². The van der Waals surface area contributed by atoms with Crippen LogP contribution in [0.25, 0.3) is 11.5 Å². The minimum absolute atomic E-state index is 0.519. The molecule has 1 heterocycles.